The van der Waals surface area contributed by atoms with Crippen molar-refractivity contribution in [1.29, 1.82) is 0 Å². The Morgan fingerprint density at radius 1 is 1.38 bits per heavy atom. The monoisotopic (exact) mass is 221 g/mol. The summed E-state index contributed by atoms with van der Waals surface area (Å²) in [5.74, 6) is -1.48. The van der Waals surface area contributed by atoms with E-state index in [0.29, 0.717) is 0 Å². The summed E-state index contributed by atoms with van der Waals surface area (Å²) in [5, 5.41) is 9.14. The van der Waals surface area contributed by atoms with Gasteiger partial charge >= 0.3 is 5.97 Å². The van der Waals surface area contributed by atoms with E-state index in [4.69, 9.17) is 10.8 Å². The molecule has 0 amide bonds. The van der Waals surface area contributed by atoms with Crippen molar-refractivity contribution < 1.29 is 9.90 Å². The number of carboxylic acids is 1. The van der Waals surface area contributed by atoms with Crippen LogP contribution in [0.5, 0.6) is 0 Å². The number of rotatable bonds is 3. The molecule has 0 fully saturated rings. The maximum absolute atomic E-state index is 11.1. The Kier molecular flexibility index (Phi) is 3.70. The molecule has 0 heterocycles. The summed E-state index contributed by atoms with van der Waals surface area (Å²) in [5.41, 5.74) is 7.34. The predicted octanol–water partition coefficient (Wildman–Crippen LogP) is 2.11. The van der Waals surface area contributed by atoms with Gasteiger partial charge in [-0.1, -0.05) is 45.0 Å². The zero-order valence-corrected chi connectivity index (χ0v) is 10.0. The van der Waals surface area contributed by atoms with Crippen LogP contribution in [0.15, 0.2) is 24.3 Å². The Hall–Kier alpha value is -1.35. The Balaban J connectivity index is 3.27. The fraction of sp³-hybridized carbons (Fsp3) is 0.462. The van der Waals surface area contributed by atoms with Gasteiger partial charge < -0.3 is 10.8 Å². The van der Waals surface area contributed by atoms with Gasteiger partial charge in [-0.05, 0) is 16.5 Å². The van der Waals surface area contributed by atoms with Crippen molar-refractivity contribution in [2.24, 2.45) is 5.73 Å². The lowest BCUT2D eigenvalue weighted by atomic mass is 9.80. The number of hydrogen-bond donors (Lipinski definition) is 2. The zero-order valence-electron chi connectivity index (χ0n) is 10.0. The number of nitrogens with two attached hydrogens (primary N) is 1. The number of carbonyl (C=O) groups is 1. The van der Waals surface area contributed by atoms with Crippen LogP contribution < -0.4 is 5.73 Å². The number of aliphatic carboxylic acids is 1. The van der Waals surface area contributed by atoms with E-state index >= 15 is 0 Å². The van der Waals surface area contributed by atoms with Crippen molar-refractivity contribution >= 4 is 5.97 Å². The van der Waals surface area contributed by atoms with Crippen LogP contribution >= 0.6 is 0 Å². The zero-order chi connectivity index (χ0) is 12.3. The molecule has 88 valence electrons. The first-order chi connectivity index (χ1) is 7.38. The van der Waals surface area contributed by atoms with Gasteiger partial charge in [-0.25, -0.2) is 0 Å². The minimum atomic E-state index is -0.862. The van der Waals surface area contributed by atoms with Crippen LogP contribution in [-0.4, -0.2) is 17.6 Å². The van der Waals surface area contributed by atoms with Crippen LogP contribution in [0.3, 0.4) is 0 Å². The maximum atomic E-state index is 11.1. The van der Waals surface area contributed by atoms with Crippen molar-refractivity contribution in [2.45, 2.75) is 32.1 Å². The third kappa shape index (κ3) is 2.61. The Morgan fingerprint density at radius 3 is 2.38 bits per heavy atom. The molecule has 1 unspecified atom stereocenters. The molecule has 0 aliphatic heterocycles. The molecular formula is C13H19NO2. The lowest BCUT2D eigenvalue weighted by Gasteiger charge is -2.25. The first kappa shape index (κ1) is 12.7. The molecule has 0 saturated heterocycles. The summed E-state index contributed by atoms with van der Waals surface area (Å²) in [6.45, 7) is 6.34. The van der Waals surface area contributed by atoms with E-state index in [1.807, 2.05) is 24.3 Å². The molecular weight excluding hydrogens is 202 g/mol. The number of carboxylic acid groups (broad SMARTS) is 1. The van der Waals surface area contributed by atoms with E-state index in [-0.39, 0.29) is 12.0 Å². The van der Waals surface area contributed by atoms with Gasteiger partial charge in [-0.3, -0.25) is 4.79 Å². The molecule has 0 aromatic heterocycles. The highest BCUT2D eigenvalue weighted by molar-refractivity contribution is 5.77. The molecule has 1 rings (SSSR count). The molecule has 3 heteroatoms. The largest absolute Gasteiger partial charge is 0.481 e. The van der Waals surface area contributed by atoms with Gasteiger partial charge in [0.15, 0.2) is 0 Å². The van der Waals surface area contributed by atoms with Gasteiger partial charge in [0, 0.05) is 6.54 Å². The standard InChI is InChI=1S/C13H19NO2/c1-13(2,3)11-7-5-4-6-9(11)10(8-14)12(15)16/h4-7,10H,8,14H2,1-3H3,(H,15,16). The highest BCUT2D eigenvalue weighted by Crippen LogP contribution is 2.30. The van der Waals surface area contributed by atoms with Crippen LogP contribution in [0.1, 0.15) is 37.8 Å². The molecule has 1 atom stereocenters. The summed E-state index contributed by atoms with van der Waals surface area (Å²) in [6, 6.07) is 7.61. The fourth-order valence-electron chi connectivity index (χ4n) is 1.84. The number of benzene rings is 1. The molecule has 16 heavy (non-hydrogen) atoms. The summed E-state index contributed by atoms with van der Waals surface area (Å²) in [6.07, 6.45) is 0. The maximum Gasteiger partial charge on any atom is 0.312 e. The van der Waals surface area contributed by atoms with Crippen LogP contribution in [0.25, 0.3) is 0 Å². The quantitative estimate of drug-likeness (QED) is 0.821. The van der Waals surface area contributed by atoms with E-state index in [1.165, 1.54) is 0 Å². The lowest BCUT2D eigenvalue weighted by molar-refractivity contribution is -0.138. The minimum Gasteiger partial charge on any atom is -0.481 e. The third-order valence-electron chi connectivity index (χ3n) is 2.68. The van der Waals surface area contributed by atoms with Crippen LogP contribution in [0.4, 0.5) is 0 Å². The van der Waals surface area contributed by atoms with Crippen LogP contribution in [0.2, 0.25) is 0 Å². The van der Waals surface area contributed by atoms with Gasteiger partial charge in [0.05, 0.1) is 5.92 Å². The third-order valence-corrected chi connectivity index (χ3v) is 2.68. The predicted molar refractivity (Wildman–Crippen MR) is 64.6 cm³/mol. The second-order valence-electron chi connectivity index (χ2n) is 4.96. The molecule has 3 N–H and O–H groups in total. The normalized spacial score (nSPS) is 13.5. The Labute approximate surface area is 96.3 Å². The van der Waals surface area contributed by atoms with Crippen molar-refractivity contribution in [3.05, 3.63) is 35.4 Å². The molecule has 1 aromatic carbocycles. The smallest absolute Gasteiger partial charge is 0.312 e. The van der Waals surface area contributed by atoms with E-state index in [1.54, 1.807) is 0 Å². The molecule has 0 aliphatic carbocycles. The molecule has 0 radical (unpaired) electrons. The highest BCUT2D eigenvalue weighted by atomic mass is 16.4. The SMILES string of the molecule is CC(C)(C)c1ccccc1C(CN)C(=O)O. The van der Waals surface area contributed by atoms with E-state index < -0.39 is 11.9 Å². The van der Waals surface area contributed by atoms with Crippen molar-refractivity contribution in [2.75, 3.05) is 6.54 Å². The van der Waals surface area contributed by atoms with E-state index in [9.17, 15) is 4.79 Å². The van der Waals surface area contributed by atoms with Gasteiger partial charge in [0.25, 0.3) is 0 Å². The van der Waals surface area contributed by atoms with Crippen molar-refractivity contribution in [1.82, 2.24) is 0 Å². The molecule has 0 bridgehead atoms. The molecule has 3 nitrogen and oxygen atoms in total. The first-order valence-electron chi connectivity index (χ1n) is 5.40. The summed E-state index contributed by atoms with van der Waals surface area (Å²) in [7, 11) is 0. The fourth-order valence-corrected chi connectivity index (χ4v) is 1.84. The van der Waals surface area contributed by atoms with E-state index in [2.05, 4.69) is 20.8 Å². The molecule has 1 aromatic rings. The lowest BCUT2D eigenvalue weighted by Crippen LogP contribution is -2.25. The van der Waals surface area contributed by atoms with Crippen LogP contribution in [0, 0.1) is 0 Å². The second kappa shape index (κ2) is 4.66. The molecule has 0 spiro atoms. The average molecular weight is 221 g/mol. The van der Waals surface area contributed by atoms with E-state index in [0.717, 1.165) is 11.1 Å². The van der Waals surface area contributed by atoms with Gasteiger partial charge in [0.1, 0.15) is 0 Å². The van der Waals surface area contributed by atoms with Crippen molar-refractivity contribution in [3.8, 4) is 0 Å². The van der Waals surface area contributed by atoms with Gasteiger partial charge in [0.2, 0.25) is 0 Å². The molecule has 0 saturated carbocycles. The number of hydrogen-bond acceptors (Lipinski definition) is 2. The first-order valence-corrected chi connectivity index (χ1v) is 5.40. The highest BCUT2D eigenvalue weighted by Gasteiger charge is 2.25. The minimum absolute atomic E-state index is 0.0700. The van der Waals surface area contributed by atoms with Gasteiger partial charge in [-0.2, -0.15) is 0 Å². The second-order valence-corrected chi connectivity index (χ2v) is 4.96. The van der Waals surface area contributed by atoms with Crippen molar-refractivity contribution in [3.63, 3.8) is 0 Å². The summed E-state index contributed by atoms with van der Waals surface area (Å²) >= 11 is 0. The average Bonchev–Trinajstić information content (AvgIpc) is 2.17. The molecule has 0 aliphatic rings. The Morgan fingerprint density at radius 2 is 1.94 bits per heavy atom. The summed E-state index contributed by atoms with van der Waals surface area (Å²) < 4.78 is 0. The topological polar surface area (TPSA) is 63.3 Å². The van der Waals surface area contributed by atoms with Gasteiger partial charge in [-0.15, -0.1) is 0 Å². The Bertz CT molecular complexity index is 380. The summed E-state index contributed by atoms with van der Waals surface area (Å²) in [4.78, 5) is 11.1. The van der Waals surface area contributed by atoms with Crippen LogP contribution in [-0.2, 0) is 10.2 Å².